The zero-order valence-electron chi connectivity index (χ0n) is 18.4. The number of carbonyl (C=O) groups is 3. The van der Waals surface area contributed by atoms with E-state index in [1.54, 1.807) is 68.2 Å². The average molecular weight is 454 g/mol. The first kappa shape index (κ1) is 23.2. The number of amides is 1. The molecular weight excluding hydrogens is 430 g/mol. The van der Waals surface area contributed by atoms with E-state index in [1.807, 2.05) is 6.07 Å². The fourth-order valence-corrected chi connectivity index (χ4v) is 3.96. The molecule has 0 saturated heterocycles. The van der Waals surface area contributed by atoms with Crippen LogP contribution in [0, 0.1) is 13.8 Å². The SMILES string of the molecule is COC(=O)c1c(C)c(C(=O)CN(Cc2cccnc2)C(=O)c2ccccc2Cl)c(C)n1C. The summed E-state index contributed by atoms with van der Waals surface area (Å²) >= 11 is 6.25. The van der Waals surface area contributed by atoms with E-state index in [0.29, 0.717) is 33.1 Å². The second-order valence-electron chi connectivity index (χ2n) is 7.41. The maximum absolute atomic E-state index is 13.4. The normalized spacial score (nSPS) is 10.7. The number of aromatic nitrogens is 2. The fourth-order valence-electron chi connectivity index (χ4n) is 3.74. The number of methoxy groups -OCH3 is 1. The van der Waals surface area contributed by atoms with Crippen molar-refractivity contribution in [3.63, 3.8) is 0 Å². The summed E-state index contributed by atoms with van der Waals surface area (Å²) in [5.74, 6) is -1.17. The molecule has 0 aliphatic heterocycles. The average Bonchev–Trinajstić information content (AvgIpc) is 3.01. The minimum absolute atomic E-state index is 0.179. The number of Topliss-reactive ketones (excluding diaryl/α,β-unsaturated/α-hetero) is 1. The molecule has 0 aliphatic carbocycles. The lowest BCUT2D eigenvalue weighted by Crippen LogP contribution is -2.35. The van der Waals surface area contributed by atoms with Crippen LogP contribution in [0.25, 0.3) is 0 Å². The van der Waals surface area contributed by atoms with Gasteiger partial charge in [-0.1, -0.05) is 29.8 Å². The number of carbonyl (C=O) groups excluding carboxylic acids is 3. The summed E-state index contributed by atoms with van der Waals surface area (Å²) in [5, 5.41) is 0.307. The molecule has 0 N–H and O–H groups in total. The van der Waals surface area contributed by atoms with Gasteiger partial charge in [0.25, 0.3) is 5.91 Å². The Morgan fingerprint density at radius 1 is 1.12 bits per heavy atom. The van der Waals surface area contributed by atoms with Gasteiger partial charge in [0.15, 0.2) is 5.78 Å². The molecule has 0 spiro atoms. The molecule has 2 heterocycles. The third kappa shape index (κ3) is 4.57. The maximum atomic E-state index is 13.4. The quantitative estimate of drug-likeness (QED) is 0.399. The van der Waals surface area contributed by atoms with Gasteiger partial charge in [0.2, 0.25) is 0 Å². The largest absolute Gasteiger partial charge is 0.464 e. The molecule has 0 atom stereocenters. The molecule has 0 unspecified atom stereocenters. The molecule has 166 valence electrons. The Labute approximate surface area is 191 Å². The Balaban J connectivity index is 1.98. The number of halogens is 1. The first-order valence-corrected chi connectivity index (χ1v) is 10.3. The van der Waals surface area contributed by atoms with E-state index in [1.165, 1.54) is 12.0 Å². The summed E-state index contributed by atoms with van der Waals surface area (Å²) in [7, 11) is 3.00. The lowest BCUT2D eigenvalue weighted by atomic mass is 10.0. The lowest BCUT2D eigenvalue weighted by molar-refractivity contribution is 0.0588. The van der Waals surface area contributed by atoms with Gasteiger partial charge in [-0.25, -0.2) is 4.79 Å². The Morgan fingerprint density at radius 3 is 2.47 bits per heavy atom. The summed E-state index contributed by atoms with van der Waals surface area (Å²) in [6.45, 7) is 3.45. The van der Waals surface area contributed by atoms with Gasteiger partial charge in [-0.15, -0.1) is 0 Å². The minimum Gasteiger partial charge on any atom is -0.464 e. The smallest absolute Gasteiger partial charge is 0.354 e. The number of rotatable bonds is 7. The number of ether oxygens (including phenoxy) is 1. The van der Waals surface area contributed by atoms with Gasteiger partial charge < -0.3 is 14.2 Å². The molecule has 0 radical (unpaired) electrons. The zero-order chi connectivity index (χ0) is 23.4. The van der Waals surface area contributed by atoms with Crippen molar-refractivity contribution in [3.05, 3.63) is 87.5 Å². The molecule has 0 fully saturated rings. The Hall–Kier alpha value is -3.45. The van der Waals surface area contributed by atoms with Gasteiger partial charge >= 0.3 is 5.97 Å². The third-order valence-electron chi connectivity index (χ3n) is 5.41. The fraction of sp³-hybridized carbons (Fsp3) is 0.250. The molecule has 0 saturated carbocycles. The number of hydrogen-bond donors (Lipinski definition) is 0. The van der Waals surface area contributed by atoms with Gasteiger partial charge in [-0.3, -0.25) is 14.6 Å². The molecule has 0 aliphatic rings. The van der Waals surface area contributed by atoms with Crippen LogP contribution in [-0.2, 0) is 18.3 Å². The number of benzene rings is 1. The Kier molecular flexibility index (Phi) is 7.10. The topological polar surface area (TPSA) is 81.5 Å². The second kappa shape index (κ2) is 9.78. The second-order valence-corrected chi connectivity index (χ2v) is 7.82. The van der Waals surface area contributed by atoms with Gasteiger partial charge in [-0.05, 0) is 43.2 Å². The van der Waals surface area contributed by atoms with Crippen LogP contribution in [0.1, 0.15) is 48.0 Å². The number of esters is 1. The van der Waals surface area contributed by atoms with Crippen LogP contribution in [0.5, 0.6) is 0 Å². The summed E-state index contributed by atoms with van der Waals surface area (Å²) < 4.78 is 6.49. The summed E-state index contributed by atoms with van der Waals surface area (Å²) in [6.07, 6.45) is 3.28. The van der Waals surface area contributed by atoms with Crippen molar-refractivity contribution >= 4 is 29.3 Å². The van der Waals surface area contributed by atoms with Crippen molar-refractivity contribution in [1.29, 1.82) is 0 Å². The van der Waals surface area contributed by atoms with Crippen LogP contribution >= 0.6 is 11.6 Å². The molecule has 0 bridgehead atoms. The van der Waals surface area contributed by atoms with Gasteiger partial charge in [-0.2, -0.15) is 0 Å². The van der Waals surface area contributed by atoms with Gasteiger partial charge in [0.05, 0.1) is 24.2 Å². The number of hydrogen-bond acceptors (Lipinski definition) is 5. The van der Waals surface area contributed by atoms with Crippen molar-refractivity contribution in [2.45, 2.75) is 20.4 Å². The van der Waals surface area contributed by atoms with E-state index in [9.17, 15) is 14.4 Å². The van der Waals surface area contributed by atoms with Crippen molar-refractivity contribution in [1.82, 2.24) is 14.5 Å². The van der Waals surface area contributed by atoms with Gasteiger partial charge in [0.1, 0.15) is 5.69 Å². The zero-order valence-corrected chi connectivity index (χ0v) is 19.1. The first-order valence-electron chi connectivity index (χ1n) is 9.96. The number of nitrogens with zero attached hydrogens (tertiary/aromatic N) is 3. The molecule has 8 heteroatoms. The molecule has 3 aromatic rings. The first-order chi connectivity index (χ1) is 15.3. The summed E-state index contributed by atoms with van der Waals surface area (Å²) in [6, 6.07) is 10.3. The molecule has 1 amide bonds. The highest BCUT2D eigenvalue weighted by Crippen LogP contribution is 2.24. The molecule has 2 aromatic heterocycles. The van der Waals surface area contributed by atoms with E-state index in [2.05, 4.69) is 4.98 Å². The predicted octanol–water partition coefficient (Wildman–Crippen LogP) is 4.00. The Morgan fingerprint density at radius 2 is 1.84 bits per heavy atom. The Bertz CT molecular complexity index is 1170. The van der Waals surface area contributed by atoms with Crippen LogP contribution in [0.2, 0.25) is 5.02 Å². The van der Waals surface area contributed by atoms with E-state index in [4.69, 9.17) is 16.3 Å². The van der Waals surface area contributed by atoms with Crippen LogP contribution in [0.15, 0.2) is 48.8 Å². The van der Waals surface area contributed by atoms with Crippen LogP contribution in [-0.4, -0.2) is 45.8 Å². The molecule has 3 rings (SSSR count). The van der Waals surface area contributed by atoms with E-state index < -0.39 is 5.97 Å². The van der Waals surface area contributed by atoms with Crippen molar-refractivity contribution in [2.75, 3.05) is 13.7 Å². The minimum atomic E-state index is -0.522. The maximum Gasteiger partial charge on any atom is 0.354 e. The van der Waals surface area contributed by atoms with Crippen molar-refractivity contribution in [2.24, 2.45) is 7.05 Å². The molecule has 7 nitrogen and oxygen atoms in total. The standard InChI is InChI=1S/C24H24ClN3O4/c1-15-21(16(2)27(3)22(15)24(31)32-4)20(29)14-28(13-17-8-7-11-26-12-17)23(30)18-9-5-6-10-19(18)25/h5-12H,13-14H2,1-4H3. The number of ketones is 1. The molecule has 32 heavy (non-hydrogen) atoms. The van der Waals surface area contributed by atoms with Crippen molar-refractivity contribution in [3.8, 4) is 0 Å². The highest BCUT2D eigenvalue weighted by molar-refractivity contribution is 6.33. The van der Waals surface area contributed by atoms with Crippen molar-refractivity contribution < 1.29 is 19.1 Å². The lowest BCUT2D eigenvalue weighted by Gasteiger charge is -2.23. The highest BCUT2D eigenvalue weighted by atomic mass is 35.5. The van der Waals surface area contributed by atoms with Crippen LogP contribution in [0.4, 0.5) is 0 Å². The predicted molar refractivity (Wildman–Crippen MR) is 121 cm³/mol. The summed E-state index contributed by atoms with van der Waals surface area (Å²) in [5.41, 5.74) is 2.94. The summed E-state index contributed by atoms with van der Waals surface area (Å²) in [4.78, 5) is 44.4. The monoisotopic (exact) mass is 453 g/mol. The molecule has 1 aromatic carbocycles. The highest BCUT2D eigenvalue weighted by Gasteiger charge is 2.28. The van der Waals surface area contributed by atoms with E-state index in [0.717, 1.165) is 5.56 Å². The van der Waals surface area contributed by atoms with Gasteiger partial charge in [0, 0.05) is 37.2 Å². The molecular formula is C24H24ClN3O4. The third-order valence-corrected chi connectivity index (χ3v) is 5.74. The van der Waals surface area contributed by atoms with Crippen LogP contribution < -0.4 is 0 Å². The van der Waals surface area contributed by atoms with Crippen LogP contribution in [0.3, 0.4) is 0 Å². The van der Waals surface area contributed by atoms with E-state index >= 15 is 0 Å². The number of pyridine rings is 1. The van der Waals surface area contributed by atoms with E-state index in [-0.39, 0.29) is 24.8 Å².